The molecule has 0 saturated heterocycles. The van der Waals surface area contributed by atoms with E-state index < -0.39 is 5.56 Å². The third kappa shape index (κ3) is 2.90. The summed E-state index contributed by atoms with van der Waals surface area (Å²) in [7, 11) is 0. The van der Waals surface area contributed by atoms with Crippen LogP contribution in [0.15, 0.2) is 27.8 Å². The minimum absolute atomic E-state index is 0.00399. The van der Waals surface area contributed by atoms with E-state index in [-0.39, 0.29) is 17.7 Å². The molecule has 0 unspecified atom stereocenters. The van der Waals surface area contributed by atoms with Gasteiger partial charge >= 0.3 is 0 Å². The molecule has 26 heavy (non-hydrogen) atoms. The van der Waals surface area contributed by atoms with Gasteiger partial charge in [0, 0.05) is 0 Å². The molecule has 7 heteroatoms. The molecule has 0 aliphatic heterocycles. The number of aromatic amines is 1. The molecule has 0 bridgehead atoms. The maximum absolute atomic E-state index is 12.6. The molecule has 1 N–H and O–H groups in total. The minimum Gasteiger partial charge on any atom is -0.308 e. The van der Waals surface area contributed by atoms with Gasteiger partial charge in [-0.1, -0.05) is 26.0 Å². The largest absolute Gasteiger partial charge is 0.308 e. The summed E-state index contributed by atoms with van der Waals surface area (Å²) in [6.45, 7) is 5.70. The van der Waals surface area contributed by atoms with E-state index in [1.54, 1.807) is 12.1 Å². The van der Waals surface area contributed by atoms with E-state index >= 15 is 0 Å². The van der Waals surface area contributed by atoms with Gasteiger partial charge in [0.1, 0.15) is 24.0 Å². The number of para-hydroxylation sites is 1. The fourth-order valence-corrected chi connectivity index (χ4v) is 3.11. The summed E-state index contributed by atoms with van der Waals surface area (Å²) in [5, 5.41) is 14.3. The van der Waals surface area contributed by atoms with Crippen LogP contribution in [-0.2, 0) is 19.4 Å². The van der Waals surface area contributed by atoms with Crippen LogP contribution >= 0.6 is 0 Å². The van der Waals surface area contributed by atoms with Gasteiger partial charge in [-0.25, -0.2) is 9.67 Å². The second-order valence-electron chi connectivity index (χ2n) is 6.07. The van der Waals surface area contributed by atoms with Gasteiger partial charge < -0.3 is 4.98 Å². The van der Waals surface area contributed by atoms with Crippen molar-refractivity contribution in [2.75, 3.05) is 0 Å². The number of aryl methyl sites for hydroxylation is 2. The van der Waals surface area contributed by atoms with Gasteiger partial charge in [0.15, 0.2) is 0 Å². The monoisotopic (exact) mass is 349 g/mol. The summed E-state index contributed by atoms with van der Waals surface area (Å²) in [5.41, 5.74) is 2.26. The number of benzene rings is 1. The van der Waals surface area contributed by atoms with Gasteiger partial charge in [0.25, 0.3) is 11.1 Å². The van der Waals surface area contributed by atoms with Gasteiger partial charge in [-0.3, -0.25) is 9.59 Å². The minimum atomic E-state index is -0.464. The Hall–Kier alpha value is -3.27. The number of aromatic nitrogens is 4. The zero-order chi connectivity index (χ0) is 18.8. The normalized spacial score (nSPS) is 10.8. The highest BCUT2D eigenvalue weighted by molar-refractivity contribution is 5.80. The van der Waals surface area contributed by atoms with Crippen molar-refractivity contribution in [3.63, 3.8) is 0 Å². The molecule has 0 atom stereocenters. The summed E-state index contributed by atoms with van der Waals surface area (Å²) in [6, 6.07) is 7.39. The van der Waals surface area contributed by atoms with Crippen molar-refractivity contribution in [2.45, 2.75) is 40.2 Å². The van der Waals surface area contributed by atoms with E-state index in [2.05, 4.69) is 15.1 Å². The number of fused-ring (bicyclic) bond motifs is 1. The summed E-state index contributed by atoms with van der Waals surface area (Å²) in [4.78, 5) is 32.1. The van der Waals surface area contributed by atoms with E-state index in [9.17, 15) is 14.9 Å². The first-order valence-electron chi connectivity index (χ1n) is 8.51. The zero-order valence-corrected chi connectivity index (χ0v) is 15.0. The predicted molar refractivity (Wildman–Crippen MR) is 98.2 cm³/mol. The SMILES string of the molecule is CCc1nn(Cc2nc3c(C)cccc3c(=O)[nH]2)c(=O)c(C#N)c1CC. The Morgan fingerprint density at radius 3 is 2.65 bits per heavy atom. The second-order valence-corrected chi connectivity index (χ2v) is 6.07. The number of nitrogens with zero attached hydrogens (tertiary/aromatic N) is 4. The van der Waals surface area contributed by atoms with Crippen LogP contribution in [0.5, 0.6) is 0 Å². The standard InChI is InChI=1S/C19H19N5O2/c1-4-12-14(9-20)19(26)24(23-15(12)5-2)10-16-21-17-11(3)7-6-8-13(17)18(25)22-16/h6-8H,4-5,10H2,1-3H3,(H,21,22,25). The Labute approximate surface area is 149 Å². The summed E-state index contributed by atoms with van der Waals surface area (Å²) < 4.78 is 1.21. The lowest BCUT2D eigenvalue weighted by Gasteiger charge is -2.12. The van der Waals surface area contributed by atoms with Crippen LogP contribution in [0.2, 0.25) is 0 Å². The first kappa shape index (κ1) is 17.5. The molecule has 1 aromatic carbocycles. The quantitative estimate of drug-likeness (QED) is 0.774. The van der Waals surface area contributed by atoms with Crippen LogP contribution in [-0.4, -0.2) is 19.7 Å². The van der Waals surface area contributed by atoms with Gasteiger partial charge in [-0.15, -0.1) is 0 Å². The van der Waals surface area contributed by atoms with Crippen molar-refractivity contribution in [1.82, 2.24) is 19.7 Å². The van der Waals surface area contributed by atoms with E-state index in [4.69, 9.17) is 0 Å². The number of nitrogens with one attached hydrogen (secondary N) is 1. The van der Waals surface area contributed by atoms with Gasteiger partial charge in [-0.05, 0) is 37.0 Å². The lowest BCUT2D eigenvalue weighted by molar-refractivity contribution is 0.592. The van der Waals surface area contributed by atoms with Crippen LogP contribution in [0.25, 0.3) is 10.9 Å². The average molecular weight is 349 g/mol. The van der Waals surface area contributed by atoms with Crippen molar-refractivity contribution in [3.05, 3.63) is 67.1 Å². The van der Waals surface area contributed by atoms with Crippen molar-refractivity contribution < 1.29 is 0 Å². The van der Waals surface area contributed by atoms with E-state index in [1.807, 2.05) is 32.9 Å². The molecule has 3 rings (SSSR count). The Balaban J connectivity index is 2.17. The number of hydrogen-bond acceptors (Lipinski definition) is 5. The summed E-state index contributed by atoms with van der Waals surface area (Å²) >= 11 is 0. The Kier molecular flexibility index (Phi) is 4.67. The Bertz CT molecular complexity index is 1150. The first-order valence-corrected chi connectivity index (χ1v) is 8.51. The molecule has 2 heterocycles. The van der Waals surface area contributed by atoms with Crippen LogP contribution in [0.4, 0.5) is 0 Å². The van der Waals surface area contributed by atoms with Crippen molar-refractivity contribution in [3.8, 4) is 6.07 Å². The highest BCUT2D eigenvalue weighted by atomic mass is 16.1. The highest BCUT2D eigenvalue weighted by Gasteiger charge is 2.16. The third-order valence-corrected chi connectivity index (χ3v) is 4.43. The van der Waals surface area contributed by atoms with Crippen molar-refractivity contribution in [1.29, 1.82) is 5.26 Å². The highest BCUT2D eigenvalue weighted by Crippen LogP contribution is 2.13. The number of H-pyrrole nitrogens is 1. The van der Waals surface area contributed by atoms with Crippen LogP contribution in [0, 0.1) is 18.3 Å². The third-order valence-electron chi connectivity index (χ3n) is 4.43. The van der Waals surface area contributed by atoms with E-state index in [1.165, 1.54) is 4.68 Å². The molecule has 0 saturated carbocycles. The summed E-state index contributed by atoms with van der Waals surface area (Å²) in [5.74, 6) is 0.335. The number of rotatable bonds is 4. The zero-order valence-electron chi connectivity index (χ0n) is 15.0. The van der Waals surface area contributed by atoms with Crippen LogP contribution in [0.1, 0.15) is 42.1 Å². The Morgan fingerprint density at radius 2 is 2.00 bits per heavy atom. The molecule has 132 valence electrons. The molecule has 0 radical (unpaired) electrons. The van der Waals surface area contributed by atoms with Gasteiger partial charge in [0.05, 0.1) is 16.6 Å². The topological polar surface area (TPSA) is 104 Å². The maximum Gasteiger partial charge on any atom is 0.285 e. The second kappa shape index (κ2) is 6.92. The molecular formula is C19H19N5O2. The molecule has 3 aromatic rings. The molecule has 7 nitrogen and oxygen atoms in total. The van der Waals surface area contributed by atoms with E-state index in [0.717, 1.165) is 5.56 Å². The fourth-order valence-electron chi connectivity index (χ4n) is 3.11. The van der Waals surface area contributed by atoms with Crippen molar-refractivity contribution >= 4 is 10.9 Å². The molecule has 0 spiro atoms. The molecule has 0 fully saturated rings. The fraction of sp³-hybridized carbons (Fsp3) is 0.316. The molecule has 0 amide bonds. The van der Waals surface area contributed by atoms with Crippen LogP contribution < -0.4 is 11.1 Å². The van der Waals surface area contributed by atoms with E-state index in [0.29, 0.717) is 40.8 Å². The first-order chi connectivity index (χ1) is 12.5. The predicted octanol–water partition coefficient (Wildman–Crippen LogP) is 1.83. The molecule has 0 aliphatic carbocycles. The van der Waals surface area contributed by atoms with Gasteiger partial charge in [-0.2, -0.15) is 10.4 Å². The average Bonchev–Trinajstić information content (AvgIpc) is 2.63. The smallest absolute Gasteiger partial charge is 0.285 e. The maximum atomic E-state index is 12.6. The molecular weight excluding hydrogens is 330 g/mol. The summed E-state index contributed by atoms with van der Waals surface area (Å²) in [6.07, 6.45) is 1.18. The molecule has 0 aliphatic rings. The van der Waals surface area contributed by atoms with Crippen LogP contribution in [0.3, 0.4) is 0 Å². The Morgan fingerprint density at radius 1 is 1.23 bits per heavy atom. The van der Waals surface area contributed by atoms with Gasteiger partial charge in [0.2, 0.25) is 0 Å². The number of hydrogen-bond donors (Lipinski definition) is 1. The lowest BCUT2D eigenvalue weighted by atomic mass is 10.0. The van der Waals surface area contributed by atoms with Crippen molar-refractivity contribution in [2.24, 2.45) is 0 Å². The lowest BCUT2D eigenvalue weighted by Crippen LogP contribution is -2.30. The molecule has 2 aromatic heterocycles. The number of nitriles is 1.